The molecule has 0 aliphatic heterocycles. The van der Waals surface area contributed by atoms with Gasteiger partial charge in [-0.3, -0.25) is 9.78 Å². The van der Waals surface area contributed by atoms with E-state index in [1.165, 1.54) is 0 Å². The summed E-state index contributed by atoms with van der Waals surface area (Å²) in [6, 6.07) is 15.9. The van der Waals surface area contributed by atoms with Crippen LogP contribution in [0.1, 0.15) is 31.0 Å². The van der Waals surface area contributed by atoms with Crippen molar-refractivity contribution < 1.29 is 9.53 Å². The van der Waals surface area contributed by atoms with Gasteiger partial charge in [0.05, 0.1) is 17.3 Å². The van der Waals surface area contributed by atoms with Crippen LogP contribution in [0.2, 0.25) is 0 Å². The molecule has 0 unspecified atom stereocenters. The highest BCUT2D eigenvalue weighted by Crippen LogP contribution is 2.25. The van der Waals surface area contributed by atoms with E-state index in [2.05, 4.69) is 4.98 Å². The summed E-state index contributed by atoms with van der Waals surface area (Å²) in [5.74, 6) is -1.19. The summed E-state index contributed by atoms with van der Waals surface area (Å²) in [6.45, 7) is 3.68. The molecule has 0 amide bonds. The van der Waals surface area contributed by atoms with Gasteiger partial charge in [0.2, 0.25) is 0 Å². The molecule has 2 rings (SSSR count). The van der Waals surface area contributed by atoms with E-state index in [9.17, 15) is 10.1 Å². The number of para-hydroxylation sites is 1. The van der Waals surface area contributed by atoms with E-state index in [-0.39, 0.29) is 11.7 Å². The number of rotatable bonds is 6. The van der Waals surface area contributed by atoms with Crippen molar-refractivity contribution in [2.75, 3.05) is 0 Å². The quantitative estimate of drug-likeness (QED) is 0.815. The molecule has 1 aromatic heterocycles. The minimum atomic E-state index is -1.01. The number of aromatic nitrogens is 1. The Bertz CT molecular complexity index is 788. The van der Waals surface area contributed by atoms with E-state index in [4.69, 9.17) is 10.00 Å². The third-order valence-electron chi connectivity index (χ3n) is 3.54. The van der Waals surface area contributed by atoms with Crippen LogP contribution in [0.4, 0.5) is 0 Å². The van der Waals surface area contributed by atoms with Crippen molar-refractivity contribution in [3.8, 4) is 17.9 Å². The van der Waals surface area contributed by atoms with E-state index < -0.39 is 12.0 Å². The maximum absolute atomic E-state index is 12.8. The lowest BCUT2D eigenvalue weighted by molar-refractivity contribution is -0.128. The molecular formula is C19H17N3O2. The minimum absolute atomic E-state index is 0.163. The lowest BCUT2D eigenvalue weighted by atomic mass is 9.91. The standard InChI is InChI=1S/C19H17N3O2/c1-13(2)19(24-17-9-4-3-7-14(17)11-20)18(23)15(12-21)16-8-5-6-10-22-16/h3-10,13,15,19H,1-2H3/t15-,19-/m0/s1. The Balaban J connectivity index is 2.32. The number of ketones is 1. The van der Waals surface area contributed by atoms with Crippen LogP contribution >= 0.6 is 0 Å². The molecule has 0 saturated heterocycles. The molecule has 0 N–H and O–H groups in total. The van der Waals surface area contributed by atoms with Crippen molar-refractivity contribution in [1.82, 2.24) is 4.98 Å². The summed E-state index contributed by atoms with van der Waals surface area (Å²) in [6.07, 6.45) is 0.703. The van der Waals surface area contributed by atoms with Crippen LogP contribution in [0.3, 0.4) is 0 Å². The molecule has 0 spiro atoms. The van der Waals surface area contributed by atoms with E-state index in [1.807, 2.05) is 26.0 Å². The van der Waals surface area contributed by atoms with Gasteiger partial charge in [0.15, 0.2) is 17.8 Å². The maximum Gasteiger partial charge on any atom is 0.196 e. The van der Waals surface area contributed by atoms with Gasteiger partial charge in [-0.05, 0) is 30.2 Å². The molecule has 0 bridgehead atoms. The second-order valence-electron chi connectivity index (χ2n) is 5.61. The predicted octanol–water partition coefficient (Wildman–Crippen LogP) is 3.23. The number of carbonyl (C=O) groups is 1. The van der Waals surface area contributed by atoms with Gasteiger partial charge in [-0.2, -0.15) is 10.5 Å². The fourth-order valence-electron chi connectivity index (χ4n) is 2.31. The van der Waals surface area contributed by atoms with Gasteiger partial charge in [-0.1, -0.05) is 32.0 Å². The molecule has 24 heavy (non-hydrogen) atoms. The van der Waals surface area contributed by atoms with E-state index in [0.29, 0.717) is 17.0 Å². The number of hydrogen-bond acceptors (Lipinski definition) is 5. The highest BCUT2D eigenvalue weighted by Gasteiger charge is 2.33. The van der Waals surface area contributed by atoms with E-state index in [1.54, 1.807) is 48.7 Å². The van der Waals surface area contributed by atoms with E-state index >= 15 is 0 Å². The molecular weight excluding hydrogens is 302 g/mol. The second-order valence-corrected chi connectivity index (χ2v) is 5.61. The first-order valence-electron chi connectivity index (χ1n) is 7.58. The zero-order chi connectivity index (χ0) is 17.5. The number of nitrogens with zero attached hydrogens (tertiary/aromatic N) is 3. The fraction of sp³-hybridized carbons (Fsp3) is 0.263. The van der Waals surface area contributed by atoms with Gasteiger partial charge in [-0.15, -0.1) is 0 Å². The zero-order valence-electron chi connectivity index (χ0n) is 13.5. The topological polar surface area (TPSA) is 86.8 Å². The smallest absolute Gasteiger partial charge is 0.196 e. The largest absolute Gasteiger partial charge is 0.481 e. The summed E-state index contributed by atoms with van der Waals surface area (Å²) < 4.78 is 5.81. The van der Waals surface area contributed by atoms with Crippen molar-refractivity contribution in [2.45, 2.75) is 25.9 Å². The summed E-state index contributed by atoms with van der Waals surface area (Å²) in [4.78, 5) is 17.0. The molecule has 5 nitrogen and oxygen atoms in total. The number of ether oxygens (including phenoxy) is 1. The lowest BCUT2D eigenvalue weighted by Gasteiger charge is -2.23. The average Bonchev–Trinajstić information content (AvgIpc) is 2.61. The van der Waals surface area contributed by atoms with Crippen LogP contribution in [0.5, 0.6) is 5.75 Å². The first-order valence-corrected chi connectivity index (χ1v) is 7.58. The number of pyridine rings is 1. The van der Waals surface area contributed by atoms with Crippen molar-refractivity contribution in [2.24, 2.45) is 5.92 Å². The third kappa shape index (κ3) is 3.77. The molecule has 1 aromatic carbocycles. The maximum atomic E-state index is 12.8. The summed E-state index contributed by atoms with van der Waals surface area (Å²) in [5.41, 5.74) is 0.745. The monoisotopic (exact) mass is 319 g/mol. The molecule has 2 atom stereocenters. The van der Waals surface area contributed by atoms with Crippen LogP contribution in [0, 0.1) is 28.6 Å². The first kappa shape index (κ1) is 17.2. The molecule has 0 aliphatic rings. The molecule has 2 aromatic rings. The van der Waals surface area contributed by atoms with Gasteiger partial charge in [0.25, 0.3) is 0 Å². The van der Waals surface area contributed by atoms with Gasteiger partial charge in [-0.25, -0.2) is 0 Å². The molecule has 0 aliphatic carbocycles. The SMILES string of the molecule is CC(C)[C@H](Oc1ccccc1C#N)C(=O)[C@@H](C#N)c1ccccn1. The molecule has 120 valence electrons. The van der Waals surface area contributed by atoms with Crippen LogP contribution in [0.25, 0.3) is 0 Å². The van der Waals surface area contributed by atoms with Crippen LogP contribution in [-0.2, 0) is 4.79 Å². The summed E-state index contributed by atoms with van der Waals surface area (Å²) in [5, 5.41) is 18.6. The fourth-order valence-corrected chi connectivity index (χ4v) is 2.31. The molecule has 1 heterocycles. The zero-order valence-corrected chi connectivity index (χ0v) is 13.5. The highest BCUT2D eigenvalue weighted by molar-refractivity contribution is 5.92. The van der Waals surface area contributed by atoms with Crippen LogP contribution in [-0.4, -0.2) is 16.9 Å². The Labute approximate surface area is 141 Å². The Morgan fingerprint density at radius 2 is 1.83 bits per heavy atom. The average molecular weight is 319 g/mol. The lowest BCUT2D eigenvalue weighted by Crippen LogP contribution is -2.36. The minimum Gasteiger partial charge on any atom is -0.481 e. The van der Waals surface area contributed by atoms with Gasteiger partial charge in [0, 0.05) is 6.20 Å². The van der Waals surface area contributed by atoms with E-state index in [0.717, 1.165) is 0 Å². The van der Waals surface area contributed by atoms with Crippen molar-refractivity contribution >= 4 is 5.78 Å². The number of nitriles is 2. The normalized spacial score (nSPS) is 12.7. The van der Waals surface area contributed by atoms with Gasteiger partial charge >= 0.3 is 0 Å². The summed E-state index contributed by atoms with van der Waals surface area (Å²) in [7, 11) is 0. The number of benzene rings is 1. The molecule has 0 fully saturated rings. The molecule has 0 radical (unpaired) electrons. The van der Waals surface area contributed by atoms with Crippen molar-refractivity contribution in [3.63, 3.8) is 0 Å². The van der Waals surface area contributed by atoms with Crippen molar-refractivity contribution in [3.05, 3.63) is 59.9 Å². The molecule has 5 heteroatoms. The Kier molecular flexibility index (Phi) is 5.65. The van der Waals surface area contributed by atoms with Crippen LogP contribution < -0.4 is 4.74 Å². The Hall–Kier alpha value is -3.18. The Morgan fingerprint density at radius 1 is 1.12 bits per heavy atom. The van der Waals surface area contributed by atoms with Gasteiger partial charge < -0.3 is 4.74 Å². The summed E-state index contributed by atoms with van der Waals surface area (Å²) >= 11 is 0. The highest BCUT2D eigenvalue weighted by atomic mass is 16.5. The second kappa shape index (κ2) is 7.89. The van der Waals surface area contributed by atoms with Crippen LogP contribution in [0.15, 0.2) is 48.7 Å². The van der Waals surface area contributed by atoms with Crippen molar-refractivity contribution in [1.29, 1.82) is 10.5 Å². The number of hydrogen-bond donors (Lipinski definition) is 0. The predicted molar refractivity (Wildman–Crippen MR) is 88.0 cm³/mol. The number of Topliss-reactive ketones (excluding diaryl/α,β-unsaturated/α-hetero) is 1. The molecule has 0 saturated carbocycles. The Morgan fingerprint density at radius 3 is 2.42 bits per heavy atom. The van der Waals surface area contributed by atoms with Gasteiger partial charge in [0.1, 0.15) is 11.8 Å². The number of carbonyl (C=O) groups excluding carboxylic acids is 1. The third-order valence-corrected chi connectivity index (χ3v) is 3.54. The first-order chi connectivity index (χ1) is 11.6.